The average molecular weight is 352 g/mol. The molecule has 1 aliphatic carbocycles. The highest BCUT2D eigenvalue weighted by atomic mass is 35.5. The molecule has 0 saturated heterocycles. The Kier molecular flexibility index (Phi) is 7.28. The van der Waals surface area contributed by atoms with E-state index in [0.29, 0.717) is 16.6 Å². The van der Waals surface area contributed by atoms with Gasteiger partial charge in [-0.25, -0.2) is 0 Å². The monoisotopic (exact) mass is 350 g/mol. The number of carbonyl (C=O) groups is 1. The topological polar surface area (TPSA) is 55.1 Å². The van der Waals surface area contributed by atoms with Gasteiger partial charge in [0.2, 0.25) is 5.91 Å². The molecule has 1 aromatic rings. The molecule has 0 heterocycles. The van der Waals surface area contributed by atoms with E-state index in [1.807, 2.05) is 25.1 Å². The summed E-state index contributed by atoms with van der Waals surface area (Å²) < 4.78 is 0. The molecule has 118 valence electrons. The first-order chi connectivity index (χ1) is 9.49. The van der Waals surface area contributed by atoms with Gasteiger partial charge in [0.1, 0.15) is 0 Å². The molecule has 3 atom stereocenters. The van der Waals surface area contributed by atoms with Crippen LogP contribution in [-0.4, -0.2) is 18.5 Å². The van der Waals surface area contributed by atoms with Crippen LogP contribution < -0.4 is 11.1 Å². The van der Waals surface area contributed by atoms with Gasteiger partial charge in [-0.1, -0.05) is 36.2 Å². The van der Waals surface area contributed by atoms with Crippen LogP contribution in [0.5, 0.6) is 0 Å². The van der Waals surface area contributed by atoms with Gasteiger partial charge in [0.25, 0.3) is 0 Å². The molecule has 21 heavy (non-hydrogen) atoms. The molecule has 1 aliphatic rings. The lowest BCUT2D eigenvalue weighted by molar-refractivity contribution is -0.124. The van der Waals surface area contributed by atoms with Crippen molar-refractivity contribution in [2.24, 2.45) is 11.7 Å². The lowest BCUT2D eigenvalue weighted by Crippen LogP contribution is -2.33. The second-order valence-corrected chi connectivity index (χ2v) is 6.37. The zero-order valence-electron chi connectivity index (χ0n) is 11.9. The van der Waals surface area contributed by atoms with E-state index in [0.717, 1.165) is 24.8 Å². The van der Waals surface area contributed by atoms with Crippen LogP contribution in [0.25, 0.3) is 0 Å². The normalized spacial score (nSPS) is 22.5. The van der Waals surface area contributed by atoms with E-state index in [4.69, 9.17) is 28.9 Å². The molecular formula is C15H21Cl3N2O. The maximum absolute atomic E-state index is 12.1. The van der Waals surface area contributed by atoms with Crippen molar-refractivity contribution in [1.82, 2.24) is 5.32 Å². The number of halogens is 3. The summed E-state index contributed by atoms with van der Waals surface area (Å²) >= 11 is 12.3. The lowest BCUT2D eigenvalue weighted by Gasteiger charge is -2.17. The van der Waals surface area contributed by atoms with E-state index in [1.54, 1.807) is 0 Å². The molecule has 0 bridgehead atoms. The Balaban J connectivity index is 0.00000220. The maximum atomic E-state index is 12.1. The molecule has 3 unspecified atom stereocenters. The smallest absolute Gasteiger partial charge is 0.223 e. The van der Waals surface area contributed by atoms with Crippen molar-refractivity contribution >= 4 is 41.5 Å². The van der Waals surface area contributed by atoms with Crippen LogP contribution in [-0.2, 0) is 4.79 Å². The van der Waals surface area contributed by atoms with Gasteiger partial charge in [0, 0.05) is 34.5 Å². The van der Waals surface area contributed by atoms with Crippen molar-refractivity contribution < 1.29 is 4.79 Å². The van der Waals surface area contributed by atoms with Crippen LogP contribution >= 0.6 is 35.6 Å². The molecule has 3 nitrogen and oxygen atoms in total. The van der Waals surface area contributed by atoms with E-state index in [9.17, 15) is 4.79 Å². The van der Waals surface area contributed by atoms with E-state index in [1.165, 1.54) is 0 Å². The van der Waals surface area contributed by atoms with Crippen LogP contribution in [0.3, 0.4) is 0 Å². The van der Waals surface area contributed by atoms with Gasteiger partial charge in [-0.3, -0.25) is 4.79 Å². The Hall–Kier alpha value is -0.480. The van der Waals surface area contributed by atoms with Crippen molar-refractivity contribution in [3.8, 4) is 0 Å². The fourth-order valence-corrected chi connectivity index (χ4v) is 3.51. The fourth-order valence-electron chi connectivity index (χ4n) is 2.74. The SMILES string of the molecule is CC(CNC(=O)C1CCC(N)C1)c1c(Cl)cccc1Cl.Cl. The maximum Gasteiger partial charge on any atom is 0.223 e. The number of hydrogen-bond donors (Lipinski definition) is 2. The molecular weight excluding hydrogens is 331 g/mol. The molecule has 1 aromatic carbocycles. The summed E-state index contributed by atoms with van der Waals surface area (Å²) in [6, 6.07) is 5.62. The molecule has 1 amide bonds. The standard InChI is InChI=1S/C15H20Cl2N2O.ClH/c1-9(14-12(16)3-2-4-13(14)17)8-19-15(20)10-5-6-11(18)7-10;/h2-4,9-11H,5-8,18H2,1H3,(H,19,20);1H. The van der Waals surface area contributed by atoms with Gasteiger partial charge in [0.05, 0.1) is 0 Å². The van der Waals surface area contributed by atoms with Crippen molar-refractivity contribution in [3.05, 3.63) is 33.8 Å². The minimum Gasteiger partial charge on any atom is -0.355 e. The van der Waals surface area contributed by atoms with Gasteiger partial charge < -0.3 is 11.1 Å². The largest absolute Gasteiger partial charge is 0.355 e. The molecule has 0 radical (unpaired) electrons. The molecule has 2 rings (SSSR count). The average Bonchev–Trinajstić information content (AvgIpc) is 2.82. The first-order valence-corrected chi connectivity index (χ1v) is 7.71. The summed E-state index contributed by atoms with van der Waals surface area (Å²) in [5.74, 6) is 0.224. The Morgan fingerprint density at radius 1 is 1.38 bits per heavy atom. The van der Waals surface area contributed by atoms with Crippen molar-refractivity contribution in [3.63, 3.8) is 0 Å². The summed E-state index contributed by atoms with van der Waals surface area (Å²) in [6.45, 7) is 2.54. The Bertz CT molecular complexity index is 476. The van der Waals surface area contributed by atoms with E-state index < -0.39 is 0 Å². The molecule has 0 aliphatic heterocycles. The molecule has 6 heteroatoms. The van der Waals surface area contributed by atoms with E-state index >= 15 is 0 Å². The number of benzene rings is 1. The van der Waals surface area contributed by atoms with Gasteiger partial charge in [-0.05, 0) is 37.0 Å². The third-order valence-corrected chi connectivity index (χ3v) is 4.58. The molecule has 0 aromatic heterocycles. The highest BCUT2D eigenvalue weighted by Crippen LogP contribution is 2.31. The summed E-state index contributed by atoms with van der Waals surface area (Å²) in [5.41, 5.74) is 6.72. The number of rotatable bonds is 4. The van der Waals surface area contributed by atoms with Crippen molar-refractivity contribution in [2.75, 3.05) is 6.54 Å². The minimum atomic E-state index is 0. The summed E-state index contributed by atoms with van der Waals surface area (Å²) in [5, 5.41) is 4.27. The Labute approximate surface area is 142 Å². The van der Waals surface area contributed by atoms with Crippen molar-refractivity contribution in [1.29, 1.82) is 0 Å². The zero-order chi connectivity index (χ0) is 14.7. The third-order valence-electron chi connectivity index (χ3n) is 3.92. The molecule has 3 N–H and O–H groups in total. The molecule has 1 saturated carbocycles. The summed E-state index contributed by atoms with van der Waals surface area (Å²) in [7, 11) is 0. The predicted octanol–water partition coefficient (Wildman–Crippen LogP) is 3.76. The van der Waals surface area contributed by atoms with Gasteiger partial charge >= 0.3 is 0 Å². The number of nitrogens with two attached hydrogens (primary N) is 1. The molecule has 1 fully saturated rings. The second kappa shape index (κ2) is 8.23. The minimum absolute atomic E-state index is 0. The van der Waals surface area contributed by atoms with Crippen LogP contribution in [0, 0.1) is 5.92 Å². The fraction of sp³-hybridized carbons (Fsp3) is 0.533. The summed E-state index contributed by atoms with van der Waals surface area (Å²) in [6.07, 6.45) is 2.60. The first kappa shape index (κ1) is 18.6. The Morgan fingerprint density at radius 3 is 2.52 bits per heavy atom. The number of nitrogens with one attached hydrogen (secondary N) is 1. The van der Waals surface area contributed by atoms with Gasteiger partial charge in [-0.2, -0.15) is 0 Å². The zero-order valence-corrected chi connectivity index (χ0v) is 14.3. The van der Waals surface area contributed by atoms with E-state index in [2.05, 4.69) is 5.32 Å². The lowest BCUT2D eigenvalue weighted by atomic mass is 10.00. The van der Waals surface area contributed by atoms with E-state index in [-0.39, 0.29) is 36.2 Å². The third kappa shape index (κ3) is 4.75. The second-order valence-electron chi connectivity index (χ2n) is 5.55. The van der Waals surface area contributed by atoms with Crippen LogP contribution in [0.1, 0.15) is 37.7 Å². The first-order valence-electron chi connectivity index (χ1n) is 6.96. The Morgan fingerprint density at radius 2 is 2.00 bits per heavy atom. The van der Waals surface area contributed by atoms with Crippen LogP contribution in [0.4, 0.5) is 0 Å². The highest BCUT2D eigenvalue weighted by molar-refractivity contribution is 6.36. The quantitative estimate of drug-likeness (QED) is 0.867. The van der Waals surface area contributed by atoms with Gasteiger partial charge in [-0.15, -0.1) is 12.4 Å². The number of hydrogen-bond acceptors (Lipinski definition) is 2. The van der Waals surface area contributed by atoms with Crippen LogP contribution in [0.2, 0.25) is 10.0 Å². The number of carbonyl (C=O) groups excluding carboxylic acids is 1. The predicted molar refractivity (Wildman–Crippen MR) is 90.5 cm³/mol. The highest BCUT2D eigenvalue weighted by Gasteiger charge is 2.27. The van der Waals surface area contributed by atoms with Crippen molar-refractivity contribution in [2.45, 2.75) is 38.1 Å². The van der Waals surface area contributed by atoms with Gasteiger partial charge in [0.15, 0.2) is 0 Å². The summed E-state index contributed by atoms with van der Waals surface area (Å²) in [4.78, 5) is 12.1. The number of amides is 1. The van der Waals surface area contributed by atoms with Crippen LogP contribution in [0.15, 0.2) is 18.2 Å². The molecule has 0 spiro atoms.